The molecule has 1 aliphatic carbocycles. The van der Waals surface area contributed by atoms with Gasteiger partial charge in [-0.15, -0.1) is 0 Å². The fourth-order valence-electron chi connectivity index (χ4n) is 4.39. The number of nitrogens with zero attached hydrogens (tertiary/aromatic N) is 4. The van der Waals surface area contributed by atoms with Crippen LogP contribution in [0.15, 0.2) is 30.5 Å². The highest BCUT2D eigenvalue weighted by molar-refractivity contribution is 5.54. The lowest BCUT2D eigenvalue weighted by atomic mass is 9.78. The third kappa shape index (κ3) is 3.47. The van der Waals surface area contributed by atoms with Crippen molar-refractivity contribution in [3.8, 4) is 11.8 Å². The van der Waals surface area contributed by atoms with Crippen molar-refractivity contribution in [3.05, 3.63) is 47.4 Å². The summed E-state index contributed by atoms with van der Waals surface area (Å²) in [4.78, 5) is 11.0. The molecule has 1 N–H and O–H groups in total. The third-order valence-electron chi connectivity index (χ3n) is 5.75. The molecule has 0 radical (unpaired) electrons. The topological polar surface area (TPSA) is 82.3 Å². The summed E-state index contributed by atoms with van der Waals surface area (Å²) in [5, 5.41) is 20.0. The van der Waals surface area contributed by atoms with Gasteiger partial charge in [0, 0.05) is 25.0 Å². The lowest BCUT2D eigenvalue weighted by Gasteiger charge is -2.35. The molecule has 0 unspecified atom stereocenters. The first kappa shape index (κ1) is 17.7. The van der Waals surface area contributed by atoms with Crippen molar-refractivity contribution >= 4 is 5.82 Å². The highest BCUT2D eigenvalue weighted by atomic mass is 16.5. The molecule has 2 aliphatic rings. The number of nitriles is 1. The van der Waals surface area contributed by atoms with Crippen molar-refractivity contribution in [1.29, 1.82) is 5.26 Å². The monoisotopic (exact) mass is 364 g/mol. The van der Waals surface area contributed by atoms with Crippen LogP contribution < -0.4 is 9.64 Å². The van der Waals surface area contributed by atoms with E-state index < -0.39 is 6.10 Å². The number of ether oxygens (including phenoxy) is 1. The van der Waals surface area contributed by atoms with Crippen LogP contribution in [0.2, 0.25) is 0 Å². The number of fused-ring (bicyclic) bond motifs is 1. The van der Waals surface area contributed by atoms with Gasteiger partial charge in [0.25, 0.3) is 0 Å². The lowest BCUT2D eigenvalue weighted by molar-refractivity contribution is -0.0236. The number of rotatable bonds is 3. The molecule has 2 aromatic rings. The van der Waals surface area contributed by atoms with Gasteiger partial charge in [-0.1, -0.05) is 0 Å². The molecule has 0 bridgehead atoms. The van der Waals surface area contributed by atoms with Gasteiger partial charge in [0.2, 0.25) is 0 Å². The first-order valence-electron chi connectivity index (χ1n) is 9.44. The number of pyridine rings is 2. The maximum absolute atomic E-state index is 10.6. The smallest absolute Gasteiger partial charge is 0.146 e. The summed E-state index contributed by atoms with van der Waals surface area (Å²) in [7, 11) is 0. The number of hydrogen-bond acceptors (Lipinski definition) is 6. The third-order valence-corrected chi connectivity index (χ3v) is 5.75. The molecular weight excluding hydrogens is 340 g/mol. The molecule has 4 rings (SSSR count). The molecule has 0 amide bonds. The summed E-state index contributed by atoms with van der Waals surface area (Å²) in [6.07, 6.45) is 2.51. The van der Waals surface area contributed by atoms with Gasteiger partial charge in [-0.3, -0.25) is 4.98 Å². The molecule has 1 aliphatic heterocycles. The van der Waals surface area contributed by atoms with E-state index in [4.69, 9.17) is 4.74 Å². The van der Waals surface area contributed by atoms with Crippen LogP contribution >= 0.6 is 0 Å². The maximum Gasteiger partial charge on any atom is 0.146 e. The van der Waals surface area contributed by atoms with Gasteiger partial charge in [-0.05, 0) is 62.8 Å². The minimum atomic E-state index is -0.494. The summed E-state index contributed by atoms with van der Waals surface area (Å²) in [6, 6.07) is 9.69. The van der Waals surface area contributed by atoms with Crippen molar-refractivity contribution < 1.29 is 9.84 Å². The Morgan fingerprint density at radius 3 is 2.70 bits per heavy atom. The molecule has 4 atom stereocenters. The Morgan fingerprint density at radius 1 is 1.19 bits per heavy atom. The van der Waals surface area contributed by atoms with Gasteiger partial charge < -0.3 is 14.7 Å². The van der Waals surface area contributed by atoms with Crippen LogP contribution in [0.5, 0.6) is 5.75 Å². The van der Waals surface area contributed by atoms with Gasteiger partial charge in [-0.2, -0.15) is 5.26 Å². The number of anilines is 1. The molecule has 1 saturated heterocycles. The average molecular weight is 364 g/mol. The quantitative estimate of drug-likeness (QED) is 0.901. The summed E-state index contributed by atoms with van der Waals surface area (Å²) >= 11 is 0. The molecule has 0 spiro atoms. The summed E-state index contributed by atoms with van der Waals surface area (Å²) < 4.78 is 6.15. The van der Waals surface area contributed by atoms with E-state index in [1.807, 2.05) is 26.0 Å². The Morgan fingerprint density at radius 2 is 1.96 bits per heavy atom. The second-order valence-corrected chi connectivity index (χ2v) is 7.64. The fourth-order valence-corrected chi connectivity index (χ4v) is 4.39. The van der Waals surface area contributed by atoms with Crippen LogP contribution in [0.3, 0.4) is 0 Å². The zero-order chi connectivity index (χ0) is 19.0. The summed E-state index contributed by atoms with van der Waals surface area (Å²) in [6.45, 7) is 5.55. The molecule has 27 heavy (non-hydrogen) atoms. The molecule has 0 aromatic carbocycles. The number of aliphatic hydroxyl groups excluding tert-OH is 1. The van der Waals surface area contributed by atoms with E-state index in [1.165, 1.54) is 0 Å². The van der Waals surface area contributed by atoms with Crippen LogP contribution in [-0.4, -0.2) is 40.4 Å². The standard InChI is InChI=1S/C21H24N4O2/c1-13-5-6-19(14(2)24-13)27-20-9-17-12-25(11-16(17)8-18(20)26)21-15(10-22)4-3-7-23-21/h3-7,16-18,20,26H,8-9,11-12H2,1-2H3/t16-,17+,18+,20+/m0/s1. The predicted octanol–water partition coefficient (Wildman–Crippen LogP) is 2.62. The highest BCUT2D eigenvalue weighted by Crippen LogP contribution is 2.40. The number of aromatic nitrogens is 2. The largest absolute Gasteiger partial charge is 0.486 e. The van der Waals surface area contributed by atoms with Crippen molar-refractivity contribution in [3.63, 3.8) is 0 Å². The van der Waals surface area contributed by atoms with Crippen LogP contribution in [0, 0.1) is 37.0 Å². The van der Waals surface area contributed by atoms with E-state index >= 15 is 0 Å². The van der Waals surface area contributed by atoms with Crippen molar-refractivity contribution in [1.82, 2.24) is 9.97 Å². The first-order valence-corrected chi connectivity index (χ1v) is 9.44. The number of aryl methyl sites for hydroxylation is 2. The van der Waals surface area contributed by atoms with Gasteiger partial charge in [0.1, 0.15) is 23.7 Å². The minimum absolute atomic E-state index is 0.228. The zero-order valence-electron chi connectivity index (χ0n) is 15.7. The van der Waals surface area contributed by atoms with E-state index in [1.54, 1.807) is 18.3 Å². The van der Waals surface area contributed by atoms with Crippen molar-refractivity contribution in [2.75, 3.05) is 18.0 Å². The first-order chi connectivity index (χ1) is 13.0. The molecule has 2 aromatic heterocycles. The van der Waals surface area contributed by atoms with Crippen LogP contribution in [0.1, 0.15) is 29.8 Å². The Kier molecular flexibility index (Phi) is 4.71. The van der Waals surface area contributed by atoms with Crippen LogP contribution in [-0.2, 0) is 0 Å². The van der Waals surface area contributed by atoms with E-state index in [0.29, 0.717) is 23.8 Å². The molecule has 140 valence electrons. The second-order valence-electron chi connectivity index (χ2n) is 7.64. The lowest BCUT2D eigenvalue weighted by Crippen LogP contribution is -2.42. The van der Waals surface area contributed by atoms with E-state index in [2.05, 4.69) is 20.9 Å². The van der Waals surface area contributed by atoms with E-state index in [0.717, 1.165) is 42.5 Å². The number of hydrogen-bond donors (Lipinski definition) is 1. The van der Waals surface area contributed by atoms with Gasteiger partial charge >= 0.3 is 0 Å². The van der Waals surface area contributed by atoms with Crippen molar-refractivity contribution in [2.24, 2.45) is 11.8 Å². The Balaban J connectivity index is 1.48. The van der Waals surface area contributed by atoms with Crippen LogP contribution in [0.25, 0.3) is 0 Å². The Bertz CT molecular complexity index is 879. The summed E-state index contributed by atoms with van der Waals surface area (Å²) in [5.41, 5.74) is 2.41. The number of aliphatic hydroxyl groups is 1. The zero-order valence-corrected chi connectivity index (χ0v) is 15.7. The molecule has 6 nitrogen and oxygen atoms in total. The second kappa shape index (κ2) is 7.16. The fraction of sp³-hybridized carbons (Fsp3) is 0.476. The molecular formula is C21H24N4O2. The normalized spacial score (nSPS) is 27.1. The Hall–Kier alpha value is -2.65. The minimum Gasteiger partial charge on any atom is -0.486 e. The summed E-state index contributed by atoms with van der Waals surface area (Å²) in [5.74, 6) is 2.31. The van der Waals surface area contributed by atoms with Gasteiger partial charge in [0.15, 0.2) is 0 Å². The van der Waals surface area contributed by atoms with Gasteiger partial charge in [0.05, 0.1) is 17.4 Å². The maximum atomic E-state index is 10.6. The molecule has 3 heterocycles. The molecule has 2 fully saturated rings. The van der Waals surface area contributed by atoms with Crippen LogP contribution in [0.4, 0.5) is 5.82 Å². The predicted molar refractivity (Wildman–Crippen MR) is 102 cm³/mol. The highest BCUT2D eigenvalue weighted by Gasteiger charge is 2.43. The van der Waals surface area contributed by atoms with E-state index in [9.17, 15) is 10.4 Å². The Labute approximate surface area is 159 Å². The van der Waals surface area contributed by atoms with Gasteiger partial charge in [-0.25, -0.2) is 4.98 Å². The SMILES string of the molecule is Cc1ccc(O[C@@H]2C[C@@H]3CN(c4ncccc4C#N)C[C@@H]3C[C@H]2O)c(C)n1. The van der Waals surface area contributed by atoms with E-state index in [-0.39, 0.29) is 6.10 Å². The van der Waals surface area contributed by atoms with Crippen molar-refractivity contribution in [2.45, 2.75) is 38.9 Å². The average Bonchev–Trinajstić information content (AvgIpc) is 3.06. The molecule has 1 saturated carbocycles. The molecule has 6 heteroatoms.